The van der Waals surface area contributed by atoms with Crippen LogP contribution in [0.15, 0.2) is 24.3 Å². The third kappa shape index (κ3) is 6.55. The molecule has 0 bridgehead atoms. The number of piperidine rings is 2. The normalized spacial score (nSPS) is 24.4. The van der Waals surface area contributed by atoms with Crippen LogP contribution in [0.2, 0.25) is 0 Å². The van der Waals surface area contributed by atoms with Crippen molar-refractivity contribution >= 4 is 10.9 Å². The van der Waals surface area contributed by atoms with Crippen molar-refractivity contribution in [3.8, 4) is 0 Å². The second-order valence-corrected chi connectivity index (χ2v) is 10.6. The summed E-state index contributed by atoms with van der Waals surface area (Å²) in [4.78, 5) is 7.85. The highest BCUT2D eigenvalue weighted by Gasteiger charge is 2.39. The van der Waals surface area contributed by atoms with Crippen molar-refractivity contribution in [1.29, 1.82) is 0 Å². The van der Waals surface area contributed by atoms with Crippen LogP contribution in [0.5, 0.6) is 0 Å². The molecule has 3 heterocycles. The zero-order chi connectivity index (χ0) is 27.0. The van der Waals surface area contributed by atoms with Gasteiger partial charge in [-0.2, -0.15) is 26.3 Å². The van der Waals surface area contributed by atoms with E-state index in [-0.39, 0.29) is 23.5 Å². The van der Waals surface area contributed by atoms with Gasteiger partial charge in [-0.1, -0.05) is 12.1 Å². The van der Waals surface area contributed by atoms with Crippen molar-refractivity contribution in [3.63, 3.8) is 0 Å². The number of aromatic nitrogens is 1. The zero-order valence-electron chi connectivity index (χ0n) is 21.0. The van der Waals surface area contributed by atoms with Crippen LogP contribution in [0.3, 0.4) is 0 Å². The number of benzene rings is 1. The third-order valence-corrected chi connectivity index (χ3v) is 7.71. The van der Waals surface area contributed by atoms with Gasteiger partial charge in [-0.15, -0.1) is 0 Å². The summed E-state index contributed by atoms with van der Waals surface area (Å²) in [6.07, 6.45) is -7.21. The van der Waals surface area contributed by atoms with Crippen LogP contribution in [-0.2, 0) is 12.4 Å². The Morgan fingerprint density at radius 1 is 0.973 bits per heavy atom. The van der Waals surface area contributed by atoms with Gasteiger partial charge >= 0.3 is 12.4 Å². The van der Waals surface area contributed by atoms with E-state index in [1.165, 1.54) is 6.07 Å². The summed E-state index contributed by atoms with van der Waals surface area (Å²) in [5.74, 6) is 0.610. The fourth-order valence-electron chi connectivity index (χ4n) is 6.00. The Hall–Kier alpha value is -1.95. The van der Waals surface area contributed by atoms with Crippen LogP contribution in [0.25, 0.3) is 10.9 Å². The van der Waals surface area contributed by atoms with Crippen LogP contribution in [-0.4, -0.2) is 72.8 Å². The maximum atomic E-state index is 13.6. The molecular weight excluding hydrogens is 498 g/mol. The second kappa shape index (κ2) is 11.0. The molecule has 2 saturated heterocycles. The van der Waals surface area contributed by atoms with Gasteiger partial charge in [0.2, 0.25) is 0 Å². The molecule has 206 valence electrons. The molecule has 2 N–H and O–H groups in total. The molecule has 2 aliphatic heterocycles. The molecule has 0 radical (unpaired) electrons. The second-order valence-electron chi connectivity index (χ2n) is 10.6. The van der Waals surface area contributed by atoms with Gasteiger partial charge in [0.1, 0.15) is 5.69 Å². The van der Waals surface area contributed by atoms with E-state index in [0.717, 1.165) is 57.9 Å². The van der Waals surface area contributed by atoms with Crippen LogP contribution < -0.4 is 5.32 Å². The first-order valence-electron chi connectivity index (χ1n) is 12.7. The first-order valence-corrected chi connectivity index (χ1v) is 12.7. The first-order chi connectivity index (χ1) is 17.3. The number of fused-ring (bicyclic) bond motifs is 1. The minimum absolute atomic E-state index is 0.0288. The van der Waals surface area contributed by atoms with E-state index in [1.807, 2.05) is 0 Å². The summed E-state index contributed by atoms with van der Waals surface area (Å²) >= 11 is 0. The van der Waals surface area contributed by atoms with E-state index in [1.54, 1.807) is 0 Å². The third-order valence-electron chi connectivity index (χ3n) is 7.71. The standard InChI is InChI=1S/C26H34F6N4O/c1-35-10-4-6-16(14-35)23(17-7-5-11-36(2)15-17)33-13-21(37)19-12-22(26(30,31)32)34-24-18(19)8-3-9-20(24)25(27,28)29/h3,8-9,12,16-17,21,23,33,37H,4-7,10-11,13-15H2,1-2H3. The number of pyridine rings is 1. The minimum atomic E-state index is -4.96. The summed E-state index contributed by atoms with van der Waals surface area (Å²) < 4.78 is 81.6. The molecule has 0 amide bonds. The quantitative estimate of drug-likeness (QED) is 0.516. The van der Waals surface area contributed by atoms with Gasteiger partial charge in [0.05, 0.1) is 17.2 Å². The van der Waals surface area contributed by atoms with Gasteiger partial charge in [-0.05, 0) is 82.4 Å². The summed E-state index contributed by atoms with van der Waals surface area (Å²) in [6.45, 7) is 3.68. The molecule has 0 aliphatic carbocycles. The van der Waals surface area contributed by atoms with Crippen molar-refractivity contribution in [1.82, 2.24) is 20.1 Å². The lowest BCUT2D eigenvalue weighted by Gasteiger charge is -2.43. The molecule has 0 spiro atoms. The monoisotopic (exact) mass is 532 g/mol. The number of rotatable bonds is 6. The Balaban J connectivity index is 1.66. The highest BCUT2D eigenvalue weighted by Crippen LogP contribution is 2.39. The Kier molecular flexibility index (Phi) is 8.37. The number of aliphatic hydroxyl groups excluding tert-OH is 1. The van der Waals surface area contributed by atoms with Crippen molar-refractivity contribution in [3.05, 3.63) is 41.1 Å². The SMILES string of the molecule is CN1CCCC(C(NCC(O)c2cc(C(F)(F)F)nc3c(C(F)(F)F)cccc23)C2CCCN(C)C2)C1. The van der Waals surface area contributed by atoms with E-state index in [0.29, 0.717) is 24.0 Å². The fourth-order valence-corrected chi connectivity index (χ4v) is 6.00. The largest absolute Gasteiger partial charge is 0.433 e. The van der Waals surface area contributed by atoms with Gasteiger partial charge in [0.25, 0.3) is 0 Å². The van der Waals surface area contributed by atoms with E-state index in [4.69, 9.17) is 0 Å². The minimum Gasteiger partial charge on any atom is -0.387 e. The lowest BCUT2D eigenvalue weighted by atomic mass is 9.79. The van der Waals surface area contributed by atoms with Crippen molar-refractivity contribution < 1.29 is 31.4 Å². The maximum Gasteiger partial charge on any atom is 0.433 e. The number of likely N-dealkylation sites (tertiary alicyclic amines) is 2. The average molecular weight is 533 g/mol. The van der Waals surface area contributed by atoms with Gasteiger partial charge in [-0.25, -0.2) is 4.98 Å². The molecule has 2 aliphatic rings. The molecule has 2 aromatic rings. The summed E-state index contributed by atoms with van der Waals surface area (Å²) in [6, 6.07) is 3.81. The molecule has 2 fully saturated rings. The van der Waals surface area contributed by atoms with Crippen LogP contribution in [0, 0.1) is 11.8 Å². The highest BCUT2D eigenvalue weighted by molar-refractivity contribution is 5.86. The van der Waals surface area contributed by atoms with Gasteiger partial charge in [-0.3, -0.25) is 0 Å². The first kappa shape index (κ1) is 28.1. The van der Waals surface area contributed by atoms with Crippen molar-refractivity contribution in [2.75, 3.05) is 46.8 Å². The molecule has 4 rings (SSSR count). The van der Waals surface area contributed by atoms with E-state index >= 15 is 0 Å². The average Bonchev–Trinajstić information content (AvgIpc) is 2.82. The molecule has 1 aromatic carbocycles. The Morgan fingerprint density at radius 3 is 2.08 bits per heavy atom. The van der Waals surface area contributed by atoms with Gasteiger partial charge in [0, 0.05) is 31.1 Å². The number of alkyl halides is 6. The van der Waals surface area contributed by atoms with E-state index < -0.39 is 35.2 Å². The lowest BCUT2D eigenvalue weighted by molar-refractivity contribution is -0.142. The number of halogens is 6. The molecule has 5 nitrogen and oxygen atoms in total. The topological polar surface area (TPSA) is 51.6 Å². The van der Waals surface area contributed by atoms with Crippen LogP contribution in [0.4, 0.5) is 26.3 Å². The number of aliphatic hydroxyl groups is 1. The lowest BCUT2D eigenvalue weighted by Crippen LogP contribution is -2.53. The molecular formula is C26H34F6N4O. The molecule has 1 aromatic heterocycles. The number of para-hydroxylation sites is 1. The highest BCUT2D eigenvalue weighted by atomic mass is 19.4. The van der Waals surface area contributed by atoms with Crippen molar-refractivity contribution in [2.45, 2.75) is 50.2 Å². The summed E-state index contributed by atoms with van der Waals surface area (Å²) in [5, 5.41) is 14.4. The number of nitrogens with zero attached hydrogens (tertiary/aromatic N) is 3. The number of hydrogen-bond donors (Lipinski definition) is 2. The number of nitrogens with one attached hydrogen (secondary N) is 1. The molecule has 3 unspecified atom stereocenters. The van der Waals surface area contributed by atoms with Gasteiger partial charge in [0.15, 0.2) is 0 Å². The summed E-state index contributed by atoms with van der Waals surface area (Å²) in [7, 11) is 4.12. The summed E-state index contributed by atoms with van der Waals surface area (Å²) in [5.41, 5.74) is -3.73. The maximum absolute atomic E-state index is 13.6. The van der Waals surface area contributed by atoms with Crippen LogP contribution >= 0.6 is 0 Å². The van der Waals surface area contributed by atoms with Crippen molar-refractivity contribution in [2.24, 2.45) is 11.8 Å². The van der Waals surface area contributed by atoms with E-state index in [9.17, 15) is 31.4 Å². The molecule has 11 heteroatoms. The molecule has 0 saturated carbocycles. The predicted octanol–water partition coefficient (Wildman–Crippen LogP) is 4.95. The Labute approximate surface area is 212 Å². The Bertz CT molecular complexity index is 1050. The van der Waals surface area contributed by atoms with E-state index in [2.05, 4.69) is 34.2 Å². The fraction of sp³-hybridized carbons (Fsp3) is 0.654. The van der Waals surface area contributed by atoms with Gasteiger partial charge < -0.3 is 20.2 Å². The molecule has 37 heavy (non-hydrogen) atoms. The Morgan fingerprint density at radius 2 is 1.57 bits per heavy atom. The smallest absolute Gasteiger partial charge is 0.387 e. The van der Waals surface area contributed by atoms with Crippen LogP contribution in [0.1, 0.15) is 48.6 Å². The predicted molar refractivity (Wildman–Crippen MR) is 129 cm³/mol. The zero-order valence-corrected chi connectivity index (χ0v) is 21.0. The molecule has 3 atom stereocenters. The number of hydrogen-bond acceptors (Lipinski definition) is 5.